The Labute approximate surface area is 131 Å². The van der Waals surface area contributed by atoms with Gasteiger partial charge in [-0.2, -0.15) is 13.2 Å². The maximum atomic E-state index is 12.1. The highest BCUT2D eigenvalue weighted by Crippen LogP contribution is 2.19. The van der Waals surface area contributed by atoms with E-state index >= 15 is 0 Å². The summed E-state index contributed by atoms with van der Waals surface area (Å²) in [6, 6.07) is 5.54. The summed E-state index contributed by atoms with van der Waals surface area (Å²) in [5, 5.41) is 11.2. The summed E-state index contributed by atoms with van der Waals surface area (Å²) >= 11 is 0. The van der Waals surface area contributed by atoms with E-state index in [1.54, 1.807) is 13.0 Å². The molecule has 0 heterocycles. The van der Waals surface area contributed by atoms with Crippen molar-refractivity contribution in [1.82, 2.24) is 5.32 Å². The minimum Gasteiger partial charge on any atom is -0.484 e. The zero-order valence-corrected chi connectivity index (χ0v) is 12.5. The number of benzene rings is 1. The van der Waals surface area contributed by atoms with Gasteiger partial charge in [-0.1, -0.05) is 12.1 Å². The van der Waals surface area contributed by atoms with Gasteiger partial charge in [-0.05, 0) is 31.0 Å². The molecular formula is C15H18F3NO4. The third-order valence-corrected chi connectivity index (χ3v) is 2.86. The first-order valence-corrected chi connectivity index (χ1v) is 6.95. The Morgan fingerprint density at radius 3 is 2.65 bits per heavy atom. The van der Waals surface area contributed by atoms with Gasteiger partial charge in [0.25, 0.3) is 0 Å². The van der Waals surface area contributed by atoms with Crippen LogP contribution < -0.4 is 10.1 Å². The Balaban J connectivity index is 2.50. The zero-order valence-electron chi connectivity index (χ0n) is 12.5. The average molecular weight is 333 g/mol. The molecule has 0 saturated carbocycles. The lowest BCUT2D eigenvalue weighted by atomic mass is 10.1. The zero-order chi connectivity index (χ0) is 17.5. The van der Waals surface area contributed by atoms with E-state index in [0.29, 0.717) is 12.0 Å². The molecule has 0 aliphatic heterocycles. The minimum absolute atomic E-state index is 0.0272. The number of carboxylic acid groups (broad SMARTS) is 1. The van der Waals surface area contributed by atoms with Crippen LogP contribution in [0.1, 0.15) is 25.3 Å². The highest BCUT2D eigenvalue weighted by molar-refractivity contribution is 5.79. The Morgan fingerprint density at radius 2 is 2.04 bits per heavy atom. The van der Waals surface area contributed by atoms with E-state index in [0.717, 1.165) is 0 Å². The highest BCUT2D eigenvalue weighted by Gasteiger charge is 2.28. The number of alkyl halides is 3. The summed E-state index contributed by atoms with van der Waals surface area (Å²) in [6.45, 7) is 0.290. The molecule has 1 atom stereocenters. The first-order valence-electron chi connectivity index (χ1n) is 6.95. The molecular weight excluding hydrogens is 315 g/mol. The Morgan fingerprint density at radius 1 is 1.35 bits per heavy atom. The van der Waals surface area contributed by atoms with Crippen molar-refractivity contribution in [3.05, 3.63) is 29.8 Å². The summed E-state index contributed by atoms with van der Waals surface area (Å²) in [5.74, 6) is -1.25. The van der Waals surface area contributed by atoms with Crippen molar-refractivity contribution in [2.45, 2.75) is 38.4 Å². The minimum atomic E-state index is -4.42. The molecule has 0 fully saturated rings. The van der Waals surface area contributed by atoms with Crippen LogP contribution in [0.5, 0.6) is 5.75 Å². The fourth-order valence-electron chi connectivity index (χ4n) is 1.83. The number of amides is 1. The topological polar surface area (TPSA) is 75.6 Å². The second-order valence-corrected chi connectivity index (χ2v) is 5.13. The smallest absolute Gasteiger partial charge is 0.422 e. The van der Waals surface area contributed by atoms with Gasteiger partial charge in [0, 0.05) is 12.5 Å². The van der Waals surface area contributed by atoms with Crippen LogP contribution in [0, 0.1) is 0 Å². The summed E-state index contributed by atoms with van der Waals surface area (Å²) < 4.78 is 40.9. The van der Waals surface area contributed by atoms with Crippen molar-refractivity contribution in [1.29, 1.82) is 0 Å². The molecule has 2 N–H and O–H groups in total. The maximum Gasteiger partial charge on any atom is 0.422 e. The number of ether oxygens (including phenoxy) is 1. The van der Waals surface area contributed by atoms with E-state index in [9.17, 15) is 22.8 Å². The quantitative estimate of drug-likeness (QED) is 0.766. The molecule has 0 aliphatic carbocycles. The fraction of sp³-hybridized carbons (Fsp3) is 0.467. The molecule has 0 bridgehead atoms. The second-order valence-electron chi connectivity index (χ2n) is 5.13. The average Bonchev–Trinajstić information content (AvgIpc) is 2.42. The second kappa shape index (κ2) is 8.40. The van der Waals surface area contributed by atoms with Crippen molar-refractivity contribution in [3.63, 3.8) is 0 Å². The number of halogens is 3. The number of nitrogens with one attached hydrogen (secondary N) is 1. The maximum absolute atomic E-state index is 12.1. The van der Waals surface area contributed by atoms with Gasteiger partial charge in [0.15, 0.2) is 6.61 Å². The van der Waals surface area contributed by atoms with Gasteiger partial charge in [0.05, 0.1) is 6.42 Å². The molecule has 0 saturated heterocycles. The molecule has 1 aromatic rings. The summed E-state index contributed by atoms with van der Waals surface area (Å²) in [5.41, 5.74) is 0.507. The van der Waals surface area contributed by atoms with E-state index in [2.05, 4.69) is 10.1 Å². The van der Waals surface area contributed by atoms with Crippen LogP contribution in [0.25, 0.3) is 0 Å². The molecule has 0 radical (unpaired) electrons. The van der Waals surface area contributed by atoms with Gasteiger partial charge in [-0.15, -0.1) is 0 Å². The number of hydrogen-bond acceptors (Lipinski definition) is 3. The van der Waals surface area contributed by atoms with Crippen LogP contribution in [0.15, 0.2) is 24.3 Å². The lowest BCUT2D eigenvalue weighted by molar-refractivity contribution is -0.153. The lowest BCUT2D eigenvalue weighted by Gasteiger charge is -2.13. The van der Waals surface area contributed by atoms with Crippen LogP contribution in [0.2, 0.25) is 0 Å². The molecule has 1 unspecified atom stereocenters. The van der Waals surface area contributed by atoms with E-state index in [1.165, 1.54) is 18.2 Å². The SMILES string of the molecule is CC(CCC(=O)O)NC(=O)Cc1cccc(OCC(F)(F)F)c1. The number of rotatable bonds is 8. The van der Waals surface area contributed by atoms with Gasteiger partial charge in [0.1, 0.15) is 5.75 Å². The van der Waals surface area contributed by atoms with Crippen LogP contribution in [0.4, 0.5) is 13.2 Å². The van der Waals surface area contributed by atoms with Crippen molar-refractivity contribution in [2.75, 3.05) is 6.61 Å². The summed E-state index contributed by atoms with van der Waals surface area (Å²) in [4.78, 5) is 22.3. The largest absolute Gasteiger partial charge is 0.484 e. The molecule has 8 heteroatoms. The van der Waals surface area contributed by atoms with Gasteiger partial charge in [-0.3, -0.25) is 9.59 Å². The molecule has 0 aromatic heterocycles. The van der Waals surface area contributed by atoms with Crippen LogP contribution in [-0.2, 0) is 16.0 Å². The first kappa shape index (κ1) is 18.8. The third kappa shape index (κ3) is 8.70. The predicted octanol–water partition coefficient (Wildman–Crippen LogP) is 2.54. The number of carboxylic acids is 1. The number of carbonyl (C=O) groups is 2. The Hall–Kier alpha value is -2.25. The predicted molar refractivity (Wildman–Crippen MR) is 76.2 cm³/mol. The van der Waals surface area contributed by atoms with Gasteiger partial charge in [0.2, 0.25) is 5.91 Å². The standard InChI is InChI=1S/C15H18F3NO4/c1-10(5-6-14(21)22)19-13(20)8-11-3-2-4-12(7-11)23-9-15(16,17)18/h2-4,7,10H,5-6,8-9H2,1H3,(H,19,20)(H,21,22). The molecule has 1 amide bonds. The van der Waals surface area contributed by atoms with Crippen LogP contribution in [0.3, 0.4) is 0 Å². The normalized spacial score (nSPS) is 12.5. The number of hydrogen-bond donors (Lipinski definition) is 2. The molecule has 1 rings (SSSR count). The number of carbonyl (C=O) groups excluding carboxylic acids is 1. The summed E-state index contributed by atoms with van der Waals surface area (Å²) in [7, 11) is 0. The molecule has 5 nitrogen and oxygen atoms in total. The Kier molecular flexibility index (Phi) is 6.87. The first-order chi connectivity index (χ1) is 10.7. The van der Waals surface area contributed by atoms with Gasteiger partial charge in [-0.25, -0.2) is 0 Å². The van der Waals surface area contributed by atoms with E-state index in [4.69, 9.17) is 5.11 Å². The Bertz CT molecular complexity index is 546. The summed E-state index contributed by atoms with van der Waals surface area (Å²) in [6.07, 6.45) is -4.20. The van der Waals surface area contributed by atoms with Crippen molar-refractivity contribution in [3.8, 4) is 5.75 Å². The van der Waals surface area contributed by atoms with E-state index in [1.807, 2.05) is 0 Å². The van der Waals surface area contributed by atoms with Crippen molar-refractivity contribution in [2.24, 2.45) is 0 Å². The third-order valence-electron chi connectivity index (χ3n) is 2.86. The van der Waals surface area contributed by atoms with Crippen LogP contribution >= 0.6 is 0 Å². The monoisotopic (exact) mass is 333 g/mol. The lowest BCUT2D eigenvalue weighted by Crippen LogP contribution is -2.34. The molecule has 128 valence electrons. The van der Waals surface area contributed by atoms with Crippen molar-refractivity contribution < 1.29 is 32.6 Å². The van der Waals surface area contributed by atoms with Gasteiger partial charge >= 0.3 is 12.1 Å². The molecule has 0 aliphatic rings. The van der Waals surface area contributed by atoms with E-state index < -0.39 is 18.8 Å². The molecule has 0 spiro atoms. The van der Waals surface area contributed by atoms with Gasteiger partial charge < -0.3 is 15.2 Å². The number of aliphatic carboxylic acids is 1. The fourth-order valence-corrected chi connectivity index (χ4v) is 1.83. The van der Waals surface area contributed by atoms with Crippen molar-refractivity contribution >= 4 is 11.9 Å². The van der Waals surface area contributed by atoms with E-state index in [-0.39, 0.29) is 30.5 Å². The molecule has 23 heavy (non-hydrogen) atoms. The highest BCUT2D eigenvalue weighted by atomic mass is 19.4. The molecule has 1 aromatic carbocycles. The van der Waals surface area contributed by atoms with Crippen LogP contribution in [-0.4, -0.2) is 35.8 Å².